The SMILES string of the molecule is COc1ccc(-c2ccc3ncc4c(c3c2)n(-c2cccnc2C)c(=O)n4C)cn1. The van der Waals surface area contributed by atoms with E-state index in [1.165, 1.54) is 0 Å². The van der Waals surface area contributed by atoms with E-state index in [0.29, 0.717) is 5.88 Å². The van der Waals surface area contributed by atoms with Crippen molar-refractivity contribution >= 4 is 21.9 Å². The fourth-order valence-corrected chi connectivity index (χ4v) is 3.78. The highest BCUT2D eigenvalue weighted by Crippen LogP contribution is 2.30. The van der Waals surface area contributed by atoms with Crippen LogP contribution in [0.4, 0.5) is 0 Å². The molecule has 4 aromatic heterocycles. The number of aromatic nitrogens is 5. The van der Waals surface area contributed by atoms with Crippen molar-refractivity contribution in [2.24, 2.45) is 7.05 Å². The zero-order valence-corrected chi connectivity index (χ0v) is 16.8. The predicted molar refractivity (Wildman–Crippen MR) is 116 cm³/mol. The van der Waals surface area contributed by atoms with Crippen LogP contribution in [-0.4, -0.2) is 31.2 Å². The van der Waals surface area contributed by atoms with Crippen molar-refractivity contribution in [3.05, 3.63) is 77.2 Å². The van der Waals surface area contributed by atoms with Gasteiger partial charge in [-0.2, -0.15) is 0 Å². The molecule has 0 radical (unpaired) electrons. The normalized spacial score (nSPS) is 11.3. The van der Waals surface area contributed by atoms with Gasteiger partial charge in [0.05, 0.1) is 41.2 Å². The maximum atomic E-state index is 13.2. The third kappa shape index (κ3) is 2.67. The van der Waals surface area contributed by atoms with E-state index in [-0.39, 0.29) is 5.69 Å². The van der Waals surface area contributed by atoms with Crippen molar-refractivity contribution in [1.82, 2.24) is 24.1 Å². The van der Waals surface area contributed by atoms with E-state index in [1.807, 2.05) is 43.3 Å². The molecule has 0 saturated heterocycles. The summed E-state index contributed by atoms with van der Waals surface area (Å²) in [5.41, 5.74) is 5.74. The van der Waals surface area contributed by atoms with Gasteiger partial charge in [0.25, 0.3) is 0 Å². The Morgan fingerprint density at radius 1 is 0.967 bits per heavy atom. The van der Waals surface area contributed by atoms with Crippen LogP contribution in [0, 0.1) is 6.92 Å². The van der Waals surface area contributed by atoms with Gasteiger partial charge in [0.2, 0.25) is 5.88 Å². The molecular weight excluding hydrogens is 378 g/mol. The van der Waals surface area contributed by atoms with Gasteiger partial charge in [0.15, 0.2) is 0 Å². The highest BCUT2D eigenvalue weighted by Gasteiger charge is 2.18. The molecule has 0 bridgehead atoms. The van der Waals surface area contributed by atoms with Crippen LogP contribution < -0.4 is 10.4 Å². The van der Waals surface area contributed by atoms with Gasteiger partial charge in [0, 0.05) is 36.5 Å². The van der Waals surface area contributed by atoms with E-state index in [0.717, 1.165) is 44.4 Å². The predicted octanol–water partition coefficient (Wildman–Crippen LogP) is 3.65. The van der Waals surface area contributed by atoms with Crippen LogP contribution in [0.2, 0.25) is 0 Å². The van der Waals surface area contributed by atoms with Crippen LogP contribution in [0.25, 0.3) is 38.8 Å². The Hall–Kier alpha value is -4.00. The Bertz CT molecular complexity index is 1470. The van der Waals surface area contributed by atoms with E-state index < -0.39 is 0 Å². The Kier molecular flexibility index (Phi) is 4.10. The molecule has 7 heteroatoms. The molecule has 0 spiro atoms. The molecule has 1 aromatic carbocycles. The van der Waals surface area contributed by atoms with Crippen LogP contribution in [-0.2, 0) is 7.05 Å². The number of ether oxygens (including phenoxy) is 1. The fourth-order valence-electron chi connectivity index (χ4n) is 3.78. The van der Waals surface area contributed by atoms with Crippen LogP contribution in [0.3, 0.4) is 0 Å². The van der Waals surface area contributed by atoms with Gasteiger partial charge in [-0.3, -0.25) is 19.1 Å². The molecule has 0 aliphatic rings. The van der Waals surface area contributed by atoms with Gasteiger partial charge in [0.1, 0.15) is 0 Å². The average Bonchev–Trinajstić information content (AvgIpc) is 3.04. The molecule has 7 nitrogen and oxygen atoms in total. The molecule has 0 N–H and O–H groups in total. The van der Waals surface area contributed by atoms with Crippen molar-refractivity contribution in [2.45, 2.75) is 6.92 Å². The van der Waals surface area contributed by atoms with E-state index in [1.54, 1.807) is 41.9 Å². The molecule has 0 aliphatic heterocycles. The highest BCUT2D eigenvalue weighted by atomic mass is 16.5. The lowest BCUT2D eigenvalue weighted by atomic mass is 10.0. The zero-order chi connectivity index (χ0) is 20.8. The number of hydrogen-bond acceptors (Lipinski definition) is 5. The summed E-state index contributed by atoms with van der Waals surface area (Å²) < 4.78 is 8.50. The maximum absolute atomic E-state index is 13.2. The van der Waals surface area contributed by atoms with Gasteiger partial charge < -0.3 is 4.74 Å². The Balaban J connectivity index is 1.85. The standard InChI is InChI=1S/C23H19N5O2/c1-14-19(5-4-10-24-14)28-22-17-11-15(16-7-9-21(30-3)26-12-16)6-8-18(17)25-13-20(22)27(2)23(28)29/h4-13H,1-3H3. The second kappa shape index (κ2) is 6.81. The molecule has 30 heavy (non-hydrogen) atoms. The lowest BCUT2D eigenvalue weighted by Crippen LogP contribution is -2.21. The summed E-state index contributed by atoms with van der Waals surface area (Å²) in [4.78, 5) is 26.4. The number of methoxy groups -OCH3 is 1. The summed E-state index contributed by atoms with van der Waals surface area (Å²) in [5, 5.41) is 0.891. The van der Waals surface area contributed by atoms with Gasteiger partial charge in [-0.25, -0.2) is 9.78 Å². The van der Waals surface area contributed by atoms with E-state index in [2.05, 4.69) is 21.0 Å². The molecule has 0 aliphatic carbocycles. The van der Waals surface area contributed by atoms with Crippen molar-refractivity contribution in [1.29, 1.82) is 0 Å². The Labute approximate surface area is 172 Å². The summed E-state index contributed by atoms with van der Waals surface area (Å²) in [6.07, 6.45) is 5.25. The molecule has 148 valence electrons. The minimum absolute atomic E-state index is 0.132. The Morgan fingerprint density at radius 3 is 2.53 bits per heavy atom. The first-order valence-corrected chi connectivity index (χ1v) is 9.51. The van der Waals surface area contributed by atoms with Crippen LogP contribution in [0.1, 0.15) is 5.69 Å². The number of hydrogen-bond donors (Lipinski definition) is 0. The maximum Gasteiger partial charge on any atom is 0.333 e. The van der Waals surface area contributed by atoms with Crippen LogP contribution >= 0.6 is 0 Å². The molecule has 0 unspecified atom stereocenters. The van der Waals surface area contributed by atoms with Gasteiger partial charge in [-0.05, 0) is 42.8 Å². The minimum atomic E-state index is -0.132. The fraction of sp³-hybridized carbons (Fsp3) is 0.130. The molecule has 5 aromatic rings. The number of fused-ring (bicyclic) bond motifs is 3. The van der Waals surface area contributed by atoms with E-state index in [9.17, 15) is 4.79 Å². The second-order valence-electron chi connectivity index (χ2n) is 7.10. The number of rotatable bonds is 3. The summed E-state index contributed by atoms with van der Waals surface area (Å²) in [6.45, 7) is 1.90. The third-order valence-corrected chi connectivity index (χ3v) is 5.38. The first-order chi connectivity index (χ1) is 14.6. The lowest BCUT2D eigenvalue weighted by Gasteiger charge is -2.09. The van der Waals surface area contributed by atoms with Crippen molar-refractivity contribution in [3.8, 4) is 22.7 Å². The van der Waals surface area contributed by atoms with Crippen molar-refractivity contribution in [2.75, 3.05) is 7.11 Å². The number of nitrogens with zero attached hydrogens (tertiary/aromatic N) is 5. The van der Waals surface area contributed by atoms with Gasteiger partial charge in [-0.1, -0.05) is 6.07 Å². The van der Waals surface area contributed by atoms with Crippen LogP contribution in [0.5, 0.6) is 5.88 Å². The quantitative estimate of drug-likeness (QED) is 0.465. The molecule has 5 rings (SSSR count). The number of pyridine rings is 3. The smallest absolute Gasteiger partial charge is 0.333 e. The monoisotopic (exact) mass is 397 g/mol. The zero-order valence-electron chi connectivity index (χ0n) is 16.8. The van der Waals surface area contributed by atoms with Gasteiger partial charge in [-0.15, -0.1) is 0 Å². The Morgan fingerprint density at radius 2 is 1.80 bits per heavy atom. The number of imidazole rings is 1. The lowest BCUT2D eigenvalue weighted by molar-refractivity contribution is 0.398. The molecule has 4 heterocycles. The molecule has 0 amide bonds. The molecular formula is C23H19N5O2. The summed E-state index contributed by atoms with van der Waals surface area (Å²) >= 11 is 0. The van der Waals surface area contributed by atoms with E-state index >= 15 is 0 Å². The topological polar surface area (TPSA) is 74.8 Å². The molecule has 0 fully saturated rings. The number of benzene rings is 1. The van der Waals surface area contributed by atoms with E-state index in [4.69, 9.17) is 4.74 Å². The molecule has 0 saturated carbocycles. The summed E-state index contributed by atoms with van der Waals surface area (Å²) in [6, 6.07) is 13.6. The average molecular weight is 397 g/mol. The molecule has 0 atom stereocenters. The summed E-state index contributed by atoms with van der Waals surface area (Å²) in [7, 11) is 3.35. The van der Waals surface area contributed by atoms with Crippen LogP contribution in [0.15, 0.2) is 65.8 Å². The minimum Gasteiger partial charge on any atom is -0.481 e. The van der Waals surface area contributed by atoms with Crippen molar-refractivity contribution in [3.63, 3.8) is 0 Å². The van der Waals surface area contributed by atoms with Gasteiger partial charge >= 0.3 is 5.69 Å². The number of aryl methyl sites for hydroxylation is 2. The summed E-state index contributed by atoms with van der Waals surface area (Å²) in [5.74, 6) is 0.563. The first-order valence-electron chi connectivity index (χ1n) is 9.51. The first kappa shape index (κ1) is 18.1. The second-order valence-corrected chi connectivity index (χ2v) is 7.10. The third-order valence-electron chi connectivity index (χ3n) is 5.38. The van der Waals surface area contributed by atoms with Crippen molar-refractivity contribution < 1.29 is 4.74 Å². The highest BCUT2D eigenvalue weighted by molar-refractivity contribution is 6.04. The largest absolute Gasteiger partial charge is 0.481 e.